The summed E-state index contributed by atoms with van der Waals surface area (Å²) in [5.74, 6) is 0.446. The Balaban J connectivity index is 2.79. The summed E-state index contributed by atoms with van der Waals surface area (Å²) < 4.78 is 0. The molecular weight excluding hydrogens is 204 g/mol. The third kappa shape index (κ3) is 3.39. The SMILES string of the molecule is CCC(C)(C)CNc1cc(C#N)[nH]c(=O)n1. The average Bonchev–Trinajstić information content (AvgIpc) is 2.26. The molecule has 0 radical (unpaired) electrons. The second-order valence-electron chi connectivity index (χ2n) is 4.47. The predicted octanol–water partition coefficient (Wildman–Crippen LogP) is 1.49. The Bertz CT molecular complexity index is 456. The van der Waals surface area contributed by atoms with E-state index in [0.29, 0.717) is 12.4 Å². The zero-order valence-electron chi connectivity index (χ0n) is 9.79. The van der Waals surface area contributed by atoms with Gasteiger partial charge >= 0.3 is 5.69 Å². The number of rotatable bonds is 4. The number of aromatic amines is 1. The lowest BCUT2D eigenvalue weighted by Gasteiger charge is -2.22. The van der Waals surface area contributed by atoms with E-state index in [0.717, 1.165) is 6.42 Å². The van der Waals surface area contributed by atoms with Crippen molar-refractivity contribution in [1.29, 1.82) is 5.26 Å². The third-order valence-electron chi connectivity index (χ3n) is 2.57. The van der Waals surface area contributed by atoms with Crippen LogP contribution in [0.1, 0.15) is 32.9 Å². The Hall–Kier alpha value is -1.83. The molecule has 0 saturated carbocycles. The van der Waals surface area contributed by atoms with Gasteiger partial charge < -0.3 is 5.32 Å². The first-order chi connectivity index (χ1) is 7.46. The van der Waals surface area contributed by atoms with Crippen molar-refractivity contribution in [3.63, 3.8) is 0 Å². The molecular formula is C11H16N4O. The molecule has 86 valence electrons. The van der Waals surface area contributed by atoms with Crippen molar-refractivity contribution in [2.45, 2.75) is 27.2 Å². The monoisotopic (exact) mass is 220 g/mol. The molecule has 1 heterocycles. The largest absolute Gasteiger partial charge is 0.369 e. The maximum Gasteiger partial charge on any atom is 0.347 e. The van der Waals surface area contributed by atoms with E-state index in [-0.39, 0.29) is 11.1 Å². The maximum atomic E-state index is 11.1. The fourth-order valence-corrected chi connectivity index (χ4v) is 1.06. The van der Waals surface area contributed by atoms with Crippen molar-refractivity contribution in [1.82, 2.24) is 9.97 Å². The maximum absolute atomic E-state index is 11.1. The number of H-pyrrole nitrogens is 1. The highest BCUT2D eigenvalue weighted by molar-refractivity contribution is 5.38. The second kappa shape index (κ2) is 4.79. The molecule has 0 spiro atoms. The van der Waals surface area contributed by atoms with Crippen LogP contribution in [0.2, 0.25) is 0 Å². The minimum Gasteiger partial charge on any atom is -0.369 e. The average molecular weight is 220 g/mol. The number of nitrogens with zero attached hydrogens (tertiary/aromatic N) is 2. The summed E-state index contributed by atoms with van der Waals surface area (Å²) in [4.78, 5) is 17.2. The van der Waals surface area contributed by atoms with E-state index in [1.165, 1.54) is 6.07 Å². The second-order valence-corrected chi connectivity index (χ2v) is 4.47. The zero-order valence-corrected chi connectivity index (χ0v) is 9.79. The molecule has 0 saturated heterocycles. The summed E-state index contributed by atoms with van der Waals surface area (Å²) in [5, 5.41) is 11.8. The van der Waals surface area contributed by atoms with Gasteiger partial charge in [-0.15, -0.1) is 0 Å². The number of hydrogen-bond donors (Lipinski definition) is 2. The van der Waals surface area contributed by atoms with Crippen molar-refractivity contribution in [2.75, 3.05) is 11.9 Å². The molecule has 0 atom stereocenters. The van der Waals surface area contributed by atoms with Gasteiger partial charge in [0.2, 0.25) is 0 Å². The lowest BCUT2D eigenvalue weighted by Crippen LogP contribution is -2.24. The van der Waals surface area contributed by atoms with Gasteiger partial charge in [-0.05, 0) is 11.8 Å². The fraction of sp³-hybridized carbons (Fsp3) is 0.545. The Labute approximate surface area is 94.5 Å². The lowest BCUT2D eigenvalue weighted by molar-refractivity contribution is 0.376. The molecule has 1 aromatic heterocycles. The summed E-state index contributed by atoms with van der Waals surface area (Å²) in [6.45, 7) is 7.06. The molecule has 1 aromatic rings. The van der Waals surface area contributed by atoms with Crippen molar-refractivity contribution < 1.29 is 0 Å². The molecule has 0 aliphatic heterocycles. The highest BCUT2D eigenvalue weighted by Crippen LogP contribution is 2.19. The molecule has 5 heteroatoms. The van der Waals surface area contributed by atoms with Crippen LogP contribution >= 0.6 is 0 Å². The van der Waals surface area contributed by atoms with Crippen LogP contribution in [0.4, 0.5) is 5.82 Å². The van der Waals surface area contributed by atoms with Crippen LogP contribution in [0.3, 0.4) is 0 Å². The van der Waals surface area contributed by atoms with Gasteiger partial charge in [-0.25, -0.2) is 4.79 Å². The number of anilines is 1. The Morgan fingerprint density at radius 2 is 2.31 bits per heavy atom. The predicted molar refractivity (Wildman–Crippen MR) is 62.1 cm³/mol. The van der Waals surface area contributed by atoms with E-state index in [2.05, 4.69) is 36.1 Å². The van der Waals surface area contributed by atoms with Crippen LogP contribution in [0.25, 0.3) is 0 Å². The van der Waals surface area contributed by atoms with Crippen molar-refractivity contribution in [3.8, 4) is 6.07 Å². The van der Waals surface area contributed by atoms with Crippen molar-refractivity contribution in [3.05, 3.63) is 22.2 Å². The number of nitriles is 1. The topological polar surface area (TPSA) is 81.6 Å². The standard InChI is InChI=1S/C11H16N4O/c1-4-11(2,3)7-13-9-5-8(6-12)14-10(16)15-9/h5H,4,7H2,1-3H3,(H2,13,14,15,16). The molecule has 0 bridgehead atoms. The van der Waals surface area contributed by atoms with E-state index in [4.69, 9.17) is 5.26 Å². The smallest absolute Gasteiger partial charge is 0.347 e. The van der Waals surface area contributed by atoms with Gasteiger partial charge in [-0.1, -0.05) is 20.8 Å². The highest BCUT2D eigenvalue weighted by atomic mass is 16.1. The van der Waals surface area contributed by atoms with Crippen molar-refractivity contribution in [2.24, 2.45) is 5.41 Å². The first-order valence-electron chi connectivity index (χ1n) is 5.22. The molecule has 1 rings (SSSR count). The first-order valence-corrected chi connectivity index (χ1v) is 5.22. The highest BCUT2D eigenvalue weighted by Gasteiger charge is 2.14. The Morgan fingerprint density at radius 3 is 2.88 bits per heavy atom. The van der Waals surface area contributed by atoms with Gasteiger partial charge in [-0.3, -0.25) is 4.98 Å². The Morgan fingerprint density at radius 1 is 1.62 bits per heavy atom. The summed E-state index contributed by atoms with van der Waals surface area (Å²) >= 11 is 0. The molecule has 5 nitrogen and oxygen atoms in total. The summed E-state index contributed by atoms with van der Waals surface area (Å²) in [5.41, 5.74) is -0.149. The van der Waals surface area contributed by atoms with Crippen LogP contribution < -0.4 is 11.0 Å². The van der Waals surface area contributed by atoms with Gasteiger partial charge in [0.05, 0.1) is 0 Å². The number of nitrogens with one attached hydrogen (secondary N) is 2. The fourth-order valence-electron chi connectivity index (χ4n) is 1.06. The molecule has 0 aliphatic rings. The molecule has 16 heavy (non-hydrogen) atoms. The van der Waals surface area contributed by atoms with Crippen LogP contribution in [0, 0.1) is 16.7 Å². The summed E-state index contributed by atoms with van der Waals surface area (Å²) in [6, 6.07) is 3.42. The van der Waals surface area contributed by atoms with Gasteiger partial charge in [0.25, 0.3) is 0 Å². The minimum atomic E-state index is -0.504. The Kier molecular flexibility index (Phi) is 3.67. The first kappa shape index (κ1) is 12.2. The van der Waals surface area contributed by atoms with E-state index in [1.54, 1.807) is 0 Å². The van der Waals surface area contributed by atoms with E-state index in [1.807, 2.05) is 6.07 Å². The van der Waals surface area contributed by atoms with Crippen molar-refractivity contribution >= 4 is 5.82 Å². The summed E-state index contributed by atoms with van der Waals surface area (Å²) in [7, 11) is 0. The van der Waals surface area contributed by atoms with E-state index in [9.17, 15) is 4.79 Å². The quantitative estimate of drug-likeness (QED) is 0.805. The lowest BCUT2D eigenvalue weighted by atomic mass is 9.90. The van der Waals surface area contributed by atoms with E-state index >= 15 is 0 Å². The van der Waals surface area contributed by atoms with Gasteiger partial charge in [0, 0.05) is 12.6 Å². The van der Waals surface area contributed by atoms with Gasteiger partial charge in [0.1, 0.15) is 17.6 Å². The van der Waals surface area contributed by atoms with Crippen LogP contribution in [0.15, 0.2) is 10.9 Å². The minimum absolute atomic E-state index is 0.136. The molecule has 0 unspecified atom stereocenters. The van der Waals surface area contributed by atoms with E-state index < -0.39 is 5.69 Å². The van der Waals surface area contributed by atoms with Gasteiger partial charge in [0.15, 0.2) is 0 Å². The van der Waals surface area contributed by atoms with Crippen LogP contribution in [-0.2, 0) is 0 Å². The zero-order chi connectivity index (χ0) is 12.2. The number of hydrogen-bond acceptors (Lipinski definition) is 4. The molecule has 0 aromatic carbocycles. The van der Waals surface area contributed by atoms with Gasteiger partial charge in [-0.2, -0.15) is 10.2 Å². The molecule has 0 fully saturated rings. The molecule has 0 aliphatic carbocycles. The summed E-state index contributed by atoms with van der Waals surface area (Å²) in [6.07, 6.45) is 1.02. The van der Waals surface area contributed by atoms with Crippen LogP contribution in [0.5, 0.6) is 0 Å². The third-order valence-corrected chi connectivity index (χ3v) is 2.57. The number of aromatic nitrogens is 2. The molecule has 2 N–H and O–H groups in total. The molecule has 0 amide bonds. The van der Waals surface area contributed by atoms with Crippen LogP contribution in [-0.4, -0.2) is 16.5 Å². The normalized spacial score (nSPS) is 10.9.